The van der Waals surface area contributed by atoms with E-state index in [1.54, 1.807) is 92.0 Å². The predicted molar refractivity (Wildman–Crippen MR) is 174 cm³/mol. The lowest BCUT2D eigenvalue weighted by molar-refractivity contribution is -0.138. The first kappa shape index (κ1) is 36.0. The van der Waals surface area contributed by atoms with Gasteiger partial charge < -0.3 is 33.5 Å². The summed E-state index contributed by atoms with van der Waals surface area (Å²) in [5, 5.41) is 8.73. The van der Waals surface area contributed by atoms with E-state index in [0.29, 0.717) is 17.1 Å². The fourth-order valence-electron chi connectivity index (χ4n) is 4.04. The average molecular weight is 619 g/mol. The molecule has 0 amide bonds. The van der Waals surface area contributed by atoms with Gasteiger partial charge in [-0.2, -0.15) is 0 Å². The maximum Gasteiger partial charge on any atom is 0.310 e. The molecular formula is C36H42O9. The molecule has 240 valence electrons. The van der Waals surface area contributed by atoms with Crippen molar-refractivity contribution in [3.8, 4) is 34.5 Å². The van der Waals surface area contributed by atoms with Gasteiger partial charge in [0.25, 0.3) is 0 Å². The molecule has 0 aliphatic carbocycles. The SMILES string of the molecule is COc1ccc(C(C)C(=O)O)cc1.COc1ccc(C(C)C(=O)c2ccc(OC)cc2OC)cc1.COc1cccc(OC)c1. The molecule has 2 unspecified atom stereocenters. The van der Waals surface area contributed by atoms with Crippen LogP contribution < -0.4 is 28.4 Å². The highest BCUT2D eigenvalue weighted by molar-refractivity contribution is 6.03. The number of hydrogen-bond acceptors (Lipinski definition) is 8. The molecule has 2 atom stereocenters. The lowest BCUT2D eigenvalue weighted by Gasteiger charge is -2.15. The maximum atomic E-state index is 12.7. The maximum absolute atomic E-state index is 12.7. The molecule has 4 aromatic carbocycles. The first-order valence-electron chi connectivity index (χ1n) is 14.1. The molecule has 0 saturated heterocycles. The summed E-state index contributed by atoms with van der Waals surface area (Å²) in [4.78, 5) is 23.3. The van der Waals surface area contributed by atoms with Crippen molar-refractivity contribution in [3.05, 3.63) is 108 Å². The number of methoxy groups -OCH3 is 6. The van der Waals surface area contributed by atoms with Crippen LogP contribution in [0.2, 0.25) is 0 Å². The van der Waals surface area contributed by atoms with Crippen LogP contribution in [0, 0.1) is 0 Å². The molecule has 45 heavy (non-hydrogen) atoms. The summed E-state index contributed by atoms with van der Waals surface area (Å²) >= 11 is 0. The number of carbonyl (C=O) groups excluding carboxylic acids is 1. The van der Waals surface area contributed by atoms with Crippen molar-refractivity contribution in [2.75, 3.05) is 42.7 Å². The molecule has 1 N–H and O–H groups in total. The zero-order valence-electron chi connectivity index (χ0n) is 27.0. The number of ketones is 1. The number of hydrogen-bond donors (Lipinski definition) is 1. The van der Waals surface area contributed by atoms with Crippen molar-refractivity contribution in [1.29, 1.82) is 0 Å². The molecule has 0 spiro atoms. The number of benzene rings is 4. The van der Waals surface area contributed by atoms with Crippen LogP contribution in [0.15, 0.2) is 91.0 Å². The van der Waals surface area contributed by atoms with Gasteiger partial charge in [-0.05, 0) is 66.6 Å². The van der Waals surface area contributed by atoms with Crippen LogP contribution in [0.25, 0.3) is 0 Å². The largest absolute Gasteiger partial charge is 0.497 e. The number of aliphatic carboxylic acids is 1. The van der Waals surface area contributed by atoms with Gasteiger partial charge in [0, 0.05) is 18.1 Å². The van der Waals surface area contributed by atoms with E-state index in [1.807, 2.05) is 55.5 Å². The number of ether oxygens (including phenoxy) is 6. The van der Waals surface area contributed by atoms with Crippen molar-refractivity contribution >= 4 is 11.8 Å². The van der Waals surface area contributed by atoms with Gasteiger partial charge in [-0.15, -0.1) is 0 Å². The Morgan fingerprint density at radius 2 is 0.911 bits per heavy atom. The Hall–Kier alpha value is -5.18. The van der Waals surface area contributed by atoms with Crippen LogP contribution in [-0.4, -0.2) is 59.5 Å². The second-order valence-electron chi connectivity index (χ2n) is 9.64. The second-order valence-corrected chi connectivity index (χ2v) is 9.64. The summed E-state index contributed by atoms with van der Waals surface area (Å²) in [5.74, 6) is 2.77. The van der Waals surface area contributed by atoms with E-state index >= 15 is 0 Å². The zero-order chi connectivity index (χ0) is 33.4. The fourth-order valence-corrected chi connectivity index (χ4v) is 4.04. The van der Waals surface area contributed by atoms with Crippen molar-refractivity contribution in [2.24, 2.45) is 0 Å². The Kier molecular flexibility index (Phi) is 14.8. The van der Waals surface area contributed by atoms with Crippen molar-refractivity contribution < 1.29 is 43.1 Å². The minimum atomic E-state index is -0.815. The fraction of sp³-hybridized carbons (Fsp3) is 0.278. The van der Waals surface area contributed by atoms with Crippen LogP contribution >= 0.6 is 0 Å². The van der Waals surface area contributed by atoms with E-state index in [4.69, 9.17) is 33.5 Å². The molecule has 9 nitrogen and oxygen atoms in total. The number of Topliss-reactive ketones (excluding diaryl/α,β-unsaturated/α-hetero) is 1. The lowest BCUT2D eigenvalue weighted by atomic mass is 9.92. The molecule has 0 saturated carbocycles. The van der Waals surface area contributed by atoms with Gasteiger partial charge in [0.2, 0.25) is 0 Å². The van der Waals surface area contributed by atoms with Crippen LogP contribution in [0.4, 0.5) is 0 Å². The van der Waals surface area contributed by atoms with E-state index in [0.717, 1.165) is 34.1 Å². The Labute approximate surface area is 265 Å². The van der Waals surface area contributed by atoms with Crippen LogP contribution in [0.5, 0.6) is 34.5 Å². The van der Waals surface area contributed by atoms with Crippen LogP contribution in [0.1, 0.15) is 47.2 Å². The van der Waals surface area contributed by atoms with Gasteiger partial charge in [-0.25, -0.2) is 0 Å². The molecule has 9 heteroatoms. The summed E-state index contributed by atoms with van der Waals surface area (Å²) in [6.07, 6.45) is 0. The highest BCUT2D eigenvalue weighted by Crippen LogP contribution is 2.30. The summed E-state index contributed by atoms with van der Waals surface area (Å²) in [7, 11) is 9.59. The van der Waals surface area contributed by atoms with Gasteiger partial charge >= 0.3 is 5.97 Å². The predicted octanol–water partition coefficient (Wildman–Crippen LogP) is 7.29. The van der Waals surface area contributed by atoms with Crippen molar-refractivity contribution in [3.63, 3.8) is 0 Å². The highest BCUT2D eigenvalue weighted by atomic mass is 16.5. The number of carbonyl (C=O) groups is 2. The number of carboxylic acids is 1. The highest BCUT2D eigenvalue weighted by Gasteiger charge is 2.21. The van der Waals surface area contributed by atoms with E-state index in [1.165, 1.54) is 0 Å². The third kappa shape index (κ3) is 10.8. The molecule has 4 rings (SSSR count). The van der Waals surface area contributed by atoms with Gasteiger partial charge in [0.1, 0.15) is 34.5 Å². The van der Waals surface area contributed by atoms with Crippen molar-refractivity contribution in [1.82, 2.24) is 0 Å². The Morgan fingerprint density at radius 1 is 0.511 bits per heavy atom. The van der Waals surface area contributed by atoms with E-state index in [9.17, 15) is 9.59 Å². The van der Waals surface area contributed by atoms with E-state index < -0.39 is 11.9 Å². The smallest absolute Gasteiger partial charge is 0.310 e. The summed E-state index contributed by atoms with van der Waals surface area (Å²) in [5.41, 5.74) is 2.27. The molecule has 4 aromatic rings. The van der Waals surface area contributed by atoms with Crippen LogP contribution in [0.3, 0.4) is 0 Å². The minimum absolute atomic E-state index is 0.00432. The van der Waals surface area contributed by atoms with Crippen molar-refractivity contribution in [2.45, 2.75) is 25.7 Å². The summed E-state index contributed by atoms with van der Waals surface area (Å²) < 4.78 is 30.5. The Balaban J connectivity index is 0.000000259. The molecule has 0 aliphatic heterocycles. The van der Waals surface area contributed by atoms with Gasteiger partial charge in [0.05, 0.1) is 54.1 Å². The van der Waals surface area contributed by atoms with Crippen LogP contribution in [-0.2, 0) is 4.79 Å². The lowest BCUT2D eigenvalue weighted by Crippen LogP contribution is -2.11. The molecular weight excluding hydrogens is 576 g/mol. The zero-order valence-corrected chi connectivity index (χ0v) is 27.0. The molecule has 0 bridgehead atoms. The molecule has 0 aromatic heterocycles. The second kappa shape index (κ2) is 18.5. The third-order valence-corrected chi connectivity index (χ3v) is 6.95. The van der Waals surface area contributed by atoms with Gasteiger partial charge in [0.15, 0.2) is 5.78 Å². The Bertz CT molecular complexity index is 1460. The van der Waals surface area contributed by atoms with E-state index in [-0.39, 0.29) is 11.7 Å². The van der Waals surface area contributed by atoms with E-state index in [2.05, 4.69) is 0 Å². The molecule has 0 fully saturated rings. The third-order valence-electron chi connectivity index (χ3n) is 6.95. The average Bonchev–Trinajstić information content (AvgIpc) is 3.10. The number of rotatable bonds is 11. The Morgan fingerprint density at radius 3 is 1.31 bits per heavy atom. The standard InChI is InChI=1S/C18H20O4.C10H12O3.C8H10O2/c1-12(13-5-7-14(20-2)8-6-13)18(19)16-10-9-15(21-3)11-17(16)22-4;1-7(10(11)12)8-3-5-9(13-2)6-4-8;1-9-7-4-3-5-8(6-7)10-2/h5-12H,1-4H3;3-7H,1-2H3,(H,11,12);3-6H,1-2H3. The molecule has 0 radical (unpaired) electrons. The topological polar surface area (TPSA) is 110 Å². The monoisotopic (exact) mass is 618 g/mol. The molecule has 0 aliphatic rings. The first-order chi connectivity index (χ1) is 21.6. The summed E-state index contributed by atoms with van der Waals surface area (Å²) in [6, 6.07) is 27.2. The van der Waals surface area contributed by atoms with Gasteiger partial charge in [-0.3, -0.25) is 9.59 Å². The normalized spacial score (nSPS) is 11.2. The number of carboxylic acid groups (broad SMARTS) is 1. The summed E-state index contributed by atoms with van der Waals surface area (Å²) in [6.45, 7) is 3.54. The van der Waals surface area contributed by atoms with Gasteiger partial charge in [-0.1, -0.05) is 37.3 Å². The minimum Gasteiger partial charge on any atom is -0.497 e. The quantitative estimate of drug-likeness (QED) is 0.173. The first-order valence-corrected chi connectivity index (χ1v) is 14.1. The molecule has 0 heterocycles.